The van der Waals surface area contributed by atoms with Crippen LogP contribution in [0.15, 0.2) is 54.6 Å². The van der Waals surface area contributed by atoms with E-state index in [-0.39, 0.29) is 12.6 Å². The van der Waals surface area contributed by atoms with Crippen LogP contribution in [0.4, 0.5) is 10.5 Å². The molecule has 0 saturated heterocycles. The molecule has 0 aromatic heterocycles. The van der Waals surface area contributed by atoms with Gasteiger partial charge in [-0.2, -0.15) is 0 Å². The molecule has 2 aromatic carbocycles. The molecule has 0 aliphatic heterocycles. The summed E-state index contributed by atoms with van der Waals surface area (Å²) in [5, 5.41) is 2.74. The molecule has 2 rings (SSSR count). The van der Waals surface area contributed by atoms with Crippen LogP contribution in [0, 0.1) is 0 Å². The van der Waals surface area contributed by atoms with Gasteiger partial charge in [-0.25, -0.2) is 9.79 Å². The molecule has 7 nitrogen and oxygen atoms in total. The maximum absolute atomic E-state index is 12.6. The average Bonchev–Trinajstić information content (AvgIpc) is 2.60. The second kappa shape index (κ2) is 9.24. The van der Waals surface area contributed by atoms with Crippen molar-refractivity contribution in [1.29, 1.82) is 0 Å². The second-order valence-electron chi connectivity index (χ2n) is 6.64. The lowest BCUT2D eigenvalue weighted by Crippen LogP contribution is -2.72. The Bertz CT molecular complexity index is 828. The van der Waals surface area contributed by atoms with Crippen molar-refractivity contribution in [2.45, 2.75) is 18.8 Å². The highest BCUT2D eigenvalue weighted by Gasteiger charge is 2.26. The molecule has 1 amide bonds. The summed E-state index contributed by atoms with van der Waals surface area (Å²) >= 11 is 0. The first kappa shape index (κ1) is 20.5. The van der Waals surface area contributed by atoms with Crippen molar-refractivity contribution in [3.8, 4) is 0 Å². The molecule has 0 bridgehead atoms. The van der Waals surface area contributed by atoms with E-state index in [2.05, 4.69) is 10.3 Å². The predicted octanol–water partition coefficient (Wildman–Crippen LogP) is 1.09. The third kappa shape index (κ3) is 7.15. The summed E-state index contributed by atoms with van der Waals surface area (Å²) in [5.74, 6) is -0.416. The second-order valence-corrected chi connectivity index (χ2v) is 10.1. The van der Waals surface area contributed by atoms with Crippen molar-refractivity contribution in [2.75, 3.05) is 13.3 Å². The predicted molar refractivity (Wildman–Crippen MR) is 107 cm³/mol. The Kier molecular flexibility index (Phi) is 7.02. The maximum Gasteiger partial charge on any atom is 0.408 e. The van der Waals surface area contributed by atoms with Crippen LogP contribution in [-0.2, 0) is 22.3 Å². The van der Waals surface area contributed by atoms with Gasteiger partial charge in [0.1, 0.15) is 13.7 Å². The highest BCUT2D eigenvalue weighted by atomic mass is 31.2. The molecule has 0 heterocycles. The van der Waals surface area contributed by atoms with Gasteiger partial charge in [-0.05, 0) is 43.0 Å². The molecule has 27 heavy (non-hydrogen) atoms. The fourth-order valence-electron chi connectivity index (χ4n) is 2.44. The number of nitrogens with one attached hydrogen (secondary N) is 2. The molecule has 144 valence electrons. The Labute approximate surface area is 159 Å². The Balaban J connectivity index is 1.99. The minimum Gasteiger partial charge on any atom is -0.445 e. The van der Waals surface area contributed by atoms with Crippen LogP contribution < -0.4 is 21.8 Å². The van der Waals surface area contributed by atoms with Crippen LogP contribution in [0.2, 0.25) is 0 Å². The topological polar surface area (TPSA) is 121 Å². The van der Waals surface area contributed by atoms with E-state index in [1.807, 2.05) is 54.6 Å². The standard InChI is InChI=1S/C19H25N4O3P/c1-27(2,25)17(12-14-8-10-16(11-9-14)22-18(20)21)23-19(24)26-13-15-6-4-3-5-7-15/h3-11,17H,12-13H2,1-2H3,(H,23,24)(H4,20,21,22)/p+1. The number of rotatable bonds is 7. The van der Waals surface area contributed by atoms with E-state index >= 15 is 0 Å². The lowest BCUT2D eigenvalue weighted by molar-refractivity contribution is -0.356. The lowest BCUT2D eigenvalue weighted by atomic mass is 10.1. The van der Waals surface area contributed by atoms with Gasteiger partial charge in [0, 0.05) is 0 Å². The Hall–Kier alpha value is -2.79. The molecule has 0 aliphatic rings. The smallest absolute Gasteiger partial charge is 0.408 e. The molecule has 0 spiro atoms. The fourth-order valence-corrected chi connectivity index (χ4v) is 3.51. The first-order valence-electron chi connectivity index (χ1n) is 8.50. The van der Waals surface area contributed by atoms with Crippen molar-refractivity contribution >= 4 is 24.9 Å². The number of guanidine groups is 1. The minimum atomic E-state index is -2.60. The van der Waals surface area contributed by atoms with E-state index < -0.39 is 19.0 Å². The Morgan fingerprint density at radius 3 is 2.26 bits per heavy atom. The molecular weight excluding hydrogens is 363 g/mol. The monoisotopic (exact) mass is 389 g/mol. The van der Waals surface area contributed by atoms with E-state index in [1.165, 1.54) is 0 Å². The van der Waals surface area contributed by atoms with Gasteiger partial charge < -0.3 is 14.6 Å². The van der Waals surface area contributed by atoms with Crippen molar-refractivity contribution in [2.24, 2.45) is 11.5 Å². The summed E-state index contributed by atoms with van der Waals surface area (Å²) in [5.41, 5.74) is 13.4. The number of benzene rings is 2. The molecule has 0 aliphatic carbocycles. The highest BCUT2D eigenvalue weighted by molar-refractivity contribution is 7.63. The summed E-state index contributed by atoms with van der Waals surface area (Å²) in [7, 11) is -2.60. The molecule has 0 saturated carbocycles. The fraction of sp³-hybridized carbons (Fsp3) is 0.263. The van der Waals surface area contributed by atoms with Gasteiger partial charge in [0.2, 0.25) is 0 Å². The number of alkyl carbamates (subject to hydrolysis) is 1. The first-order valence-corrected chi connectivity index (χ1v) is 11.2. The number of ether oxygens (including phenoxy) is 1. The highest BCUT2D eigenvalue weighted by Crippen LogP contribution is 2.42. The van der Waals surface area contributed by atoms with E-state index in [1.54, 1.807) is 13.3 Å². The van der Waals surface area contributed by atoms with Gasteiger partial charge >= 0.3 is 12.1 Å². The van der Waals surface area contributed by atoms with Crippen LogP contribution in [-0.4, -0.2) is 31.2 Å². The maximum atomic E-state index is 12.6. The van der Waals surface area contributed by atoms with E-state index in [9.17, 15) is 9.36 Å². The Morgan fingerprint density at radius 1 is 1.07 bits per heavy atom. The number of hydrogen-bond acceptors (Lipinski definition) is 3. The van der Waals surface area contributed by atoms with Gasteiger partial charge in [-0.15, -0.1) is 0 Å². The number of nitrogens with two attached hydrogens (primary N) is 2. The van der Waals surface area contributed by atoms with Crippen molar-refractivity contribution in [1.82, 2.24) is 5.32 Å². The molecule has 1 atom stereocenters. The van der Waals surface area contributed by atoms with Crippen LogP contribution in [0.1, 0.15) is 11.1 Å². The van der Waals surface area contributed by atoms with Crippen LogP contribution in [0.3, 0.4) is 0 Å². The van der Waals surface area contributed by atoms with Gasteiger partial charge in [0.05, 0.1) is 11.5 Å². The summed E-state index contributed by atoms with van der Waals surface area (Å²) in [4.78, 5) is 15.0. The summed E-state index contributed by atoms with van der Waals surface area (Å²) in [6, 6.07) is 16.8. The third-order valence-corrected chi connectivity index (χ3v) is 5.73. The van der Waals surface area contributed by atoms with E-state index in [4.69, 9.17) is 16.2 Å². The molecule has 0 fully saturated rings. The molecule has 0 radical (unpaired) electrons. The number of carbonyl (C=O) groups excluding carboxylic acids is 1. The largest absolute Gasteiger partial charge is 0.445 e. The zero-order chi connectivity index (χ0) is 19.9. The van der Waals surface area contributed by atoms with Gasteiger partial charge in [-0.1, -0.05) is 42.5 Å². The van der Waals surface area contributed by atoms with Gasteiger partial charge in [-0.3, -0.25) is 11.5 Å². The number of amides is 1. The molecule has 6 N–H and O–H groups in total. The SMILES string of the molecule is CP(C)(=O)C(Cc1ccc([NH+]=C(N)N)cc1)NC(=O)OCc1ccccc1. The van der Waals surface area contributed by atoms with E-state index in [0.717, 1.165) is 16.8 Å². The van der Waals surface area contributed by atoms with Crippen LogP contribution in [0.5, 0.6) is 0 Å². The summed E-state index contributed by atoms with van der Waals surface area (Å²) < 4.78 is 17.9. The number of carbonyl (C=O) groups is 1. The molecular formula is C19H26N4O3P+. The van der Waals surface area contributed by atoms with E-state index in [0.29, 0.717) is 6.42 Å². The molecule has 2 aromatic rings. The summed E-state index contributed by atoms with van der Waals surface area (Å²) in [6.07, 6.45) is -0.163. The average molecular weight is 389 g/mol. The molecule has 1 unspecified atom stereocenters. The lowest BCUT2D eigenvalue weighted by Gasteiger charge is -2.22. The zero-order valence-corrected chi connectivity index (χ0v) is 16.4. The van der Waals surface area contributed by atoms with Crippen LogP contribution >= 0.6 is 7.14 Å². The van der Waals surface area contributed by atoms with Gasteiger partial charge in [0.15, 0.2) is 0 Å². The first-order chi connectivity index (χ1) is 12.7. The van der Waals surface area contributed by atoms with Gasteiger partial charge in [0.25, 0.3) is 0 Å². The van der Waals surface area contributed by atoms with Crippen molar-refractivity contribution < 1.29 is 19.1 Å². The molecule has 8 heteroatoms. The van der Waals surface area contributed by atoms with Crippen molar-refractivity contribution in [3.63, 3.8) is 0 Å². The number of hydrogen-bond donors (Lipinski definition) is 4. The third-order valence-electron chi connectivity index (χ3n) is 3.92. The summed E-state index contributed by atoms with van der Waals surface area (Å²) in [6.45, 7) is 3.46. The van der Waals surface area contributed by atoms with Crippen LogP contribution in [0.25, 0.3) is 0 Å². The normalized spacial score (nSPS) is 12.1. The van der Waals surface area contributed by atoms with Crippen molar-refractivity contribution in [3.05, 3.63) is 65.7 Å². The minimum absolute atomic E-state index is 0.107. The Morgan fingerprint density at radius 2 is 1.70 bits per heavy atom. The quantitative estimate of drug-likeness (QED) is 0.321. The zero-order valence-electron chi connectivity index (χ0n) is 15.5.